The molecule has 0 aliphatic carbocycles. The quantitative estimate of drug-likeness (QED) is 0.895. The molecule has 1 aromatic carbocycles. The number of amides is 1. The summed E-state index contributed by atoms with van der Waals surface area (Å²) in [7, 11) is 4.02. The molecule has 1 aromatic heterocycles. The standard InChI is InChI=1S/C15H19N3O/c1-18(2)10-4-6-15(19)17-13-7-8-14-12(11-13)5-3-9-16-14/h3,5,7-9,11H,4,6,10H2,1-2H3,(H,17,19). The van der Waals surface area contributed by atoms with Crippen molar-refractivity contribution < 1.29 is 4.79 Å². The molecule has 100 valence electrons. The molecule has 0 saturated heterocycles. The monoisotopic (exact) mass is 257 g/mol. The fourth-order valence-corrected chi connectivity index (χ4v) is 1.93. The van der Waals surface area contributed by atoms with E-state index in [1.807, 2.05) is 44.4 Å². The zero-order valence-electron chi connectivity index (χ0n) is 11.4. The van der Waals surface area contributed by atoms with Crippen molar-refractivity contribution in [3.63, 3.8) is 0 Å². The fourth-order valence-electron chi connectivity index (χ4n) is 1.93. The Bertz CT molecular complexity index is 566. The number of benzene rings is 1. The van der Waals surface area contributed by atoms with Crippen LogP contribution in [0.5, 0.6) is 0 Å². The Morgan fingerprint density at radius 1 is 1.32 bits per heavy atom. The van der Waals surface area contributed by atoms with Crippen molar-refractivity contribution in [1.82, 2.24) is 9.88 Å². The van der Waals surface area contributed by atoms with Crippen molar-refractivity contribution in [3.8, 4) is 0 Å². The lowest BCUT2D eigenvalue weighted by molar-refractivity contribution is -0.116. The second-order valence-corrected chi connectivity index (χ2v) is 4.87. The van der Waals surface area contributed by atoms with E-state index < -0.39 is 0 Å². The molecule has 1 heterocycles. The average molecular weight is 257 g/mol. The zero-order chi connectivity index (χ0) is 13.7. The van der Waals surface area contributed by atoms with Crippen LogP contribution < -0.4 is 5.32 Å². The molecule has 0 unspecified atom stereocenters. The number of hydrogen-bond donors (Lipinski definition) is 1. The summed E-state index contributed by atoms with van der Waals surface area (Å²) in [5.74, 6) is 0.0603. The van der Waals surface area contributed by atoms with Crippen LogP contribution in [0.1, 0.15) is 12.8 Å². The molecule has 4 nitrogen and oxygen atoms in total. The largest absolute Gasteiger partial charge is 0.326 e. The van der Waals surface area contributed by atoms with Gasteiger partial charge < -0.3 is 10.2 Å². The minimum Gasteiger partial charge on any atom is -0.326 e. The maximum absolute atomic E-state index is 11.8. The van der Waals surface area contributed by atoms with E-state index in [0.717, 1.165) is 29.6 Å². The number of rotatable bonds is 5. The van der Waals surface area contributed by atoms with E-state index in [9.17, 15) is 4.79 Å². The molecule has 2 rings (SSSR count). The minimum atomic E-state index is 0.0603. The maximum atomic E-state index is 11.8. The highest BCUT2D eigenvalue weighted by Gasteiger charge is 2.03. The van der Waals surface area contributed by atoms with E-state index in [2.05, 4.69) is 15.2 Å². The number of hydrogen-bond acceptors (Lipinski definition) is 3. The van der Waals surface area contributed by atoms with Crippen molar-refractivity contribution in [1.29, 1.82) is 0 Å². The van der Waals surface area contributed by atoms with Gasteiger partial charge in [-0.15, -0.1) is 0 Å². The summed E-state index contributed by atoms with van der Waals surface area (Å²) >= 11 is 0. The first-order valence-electron chi connectivity index (χ1n) is 6.44. The van der Waals surface area contributed by atoms with Crippen LogP contribution in [0, 0.1) is 0 Å². The topological polar surface area (TPSA) is 45.2 Å². The molecule has 1 N–H and O–H groups in total. The van der Waals surface area contributed by atoms with Gasteiger partial charge in [0, 0.05) is 23.7 Å². The number of nitrogens with zero attached hydrogens (tertiary/aromatic N) is 2. The summed E-state index contributed by atoms with van der Waals surface area (Å²) in [6.45, 7) is 0.926. The van der Waals surface area contributed by atoms with Crippen LogP contribution in [0.4, 0.5) is 5.69 Å². The Hall–Kier alpha value is -1.94. The van der Waals surface area contributed by atoms with E-state index >= 15 is 0 Å². The Labute approximate surface area is 113 Å². The van der Waals surface area contributed by atoms with E-state index in [4.69, 9.17) is 0 Å². The highest BCUT2D eigenvalue weighted by molar-refractivity contribution is 5.93. The zero-order valence-corrected chi connectivity index (χ0v) is 11.4. The summed E-state index contributed by atoms with van der Waals surface area (Å²) in [6.07, 6.45) is 3.18. The molecule has 0 atom stereocenters. The predicted molar refractivity (Wildman–Crippen MR) is 78.2 cm³/mol. The Morgan fingerprint density at radius 2 is 2.16 bits per heavy atom. The van der Waals surface area contributed by atoms with E-state index in [1.54, 1.807) is 6.20 Å². The number of aromatic nitrogens is 1. The molecule has 0 aliphatic rings. The smallest absolute Gasteiger partial charge is 0.224 e. The van der Waals surface area contributed by atoms with Gasteiger partial charge in [-0.25, -0.2) is 0 Å². The van der Waals surface area contributed by atoms with Gasteiger partial charge in [-0.1, -0.05) is 6.07 Å². The first-order chi connectivity index (χ1) is 9.15. The van der Waals surface area contributed by atoms with Crippen LogP contribution in [0.2, 0.25) is 0 Å². The van der Waals surface area contributed by atoms with E-state index in [-0.39, 0.29) is 5.91 Å². The van der Waals surface area contributed by atoms with Crippen molar-refractivity contribution in [2.45, 2.75) is 12.8 Å². The molecule has 4 heteroatoms. The lowest BCUT2D eigenvalue weighted by Crippen LogP contribution is -2.17. The first-order valence-corrected chi connectivity index (χ1v) is 6.44. The van der Waals surface area contributed by atoms with Gasteiger partial charge >= 0.3 is 0 Å². The van der Waals surface area contributed by atoms with Gasteiger partial charge in [0.25, 0.3) is 0 Å². The molecular formula is C15H19N3O. The summed E-state index contributed by atoms with van der Waals surface area (Å²) in [5.41, 5.74) is 1.77. The number of pyridine rings is 1. The number of fused-ring (bicyclic) bond motifs is 1. The van der Waals surface area contributed by atoms with E-state index in [0.29, 0.717) is 6.42 Å². The molecule has 19 heavy (non-hydrogen) atoms. The van der Waals surface area contributed by atoms with Gasteiger partial charge in [-0.2, -0.15) is 0 Å². The molecule has 0 aliphatic heterocycles. The highest BCUT2D eigenvalue weighted by atomic mass is 16.1. The Kier molecular flexibility index (Phi) is 4.47. The van der Waals surface area contributed by atoms with Crippen molar-refractivity contribution in [3.05, 3.63) is 36.5 Å². The van der Waals surface area contributed by atoms with Gasteiger partial charge in [0.15, 0.2) is 0 Å². The third-order valence-corrected chi connectivity index (χ3v) is 2.90. The van der Waals surface area contributed by atoms with Gasteiger partial charge in [-0.3, -0.25) is 9.78 Å². The molecule has 2 aromatic rings. The number of carbonyl (C=O) groups is 1. The van der Waals surface area contributed by atoms with Gasteiger partial charge in [0.1, 0.15) is 0 Å². The molecular weight excluding hydrogens is 238 g/mol. The second-order valence-electron chi connectivity index (χ2n) is 4.87. The van der Waals surface area contributed by atoms with Gasteiger partial charge in [-0.05, 0) is 51.3 Å². The lowest BCUT2D eigenvalue weighted by Gasteiger charge is -2.09. The molecule has 0 spiro atoms. The van der Waals surface area contributed by atoms with Crippen LogP contribution >= 0.6 is 0 Å². The number of anilines is 1. The van der Waals surface area contributed by atoms with Crippen molar-refractivity contribution in [2.75, 3.05) is 26.0 Å². The molecule has 0 fully saturated rings. The fraction of sp³-hybridized carbons (Fsp3) is 0.333. The summed E-state index contributed by atoms with van der Waals surface area (Å²) in [5, 5.41) is 3.96. The average Bonchev–Trinajstić information content (AvgIpc) is 2.38. The number of carbonyl (C=O) groups excluding carboxylic acids is 1. The van der Waals surface area contributed by atoms with Crippen LogP contribution in [0.15, 0.2) is 36.5 Å². The third-order valence-electron chi connectivity index (χ3n) is 2.90. The molecule has 0 bridgehead atoms. The highest BCUT2D eigenvalue weighted by Crippen LogP contribution is 2.17. The molecule has 0 radical (unpaired) electrons. The summed E-state index contributed by atoms with van der Waals surface area (Å²) in [6, 6.07) is 9.64. The van der Waals surface area contributed by atoms with E-state index in [1.165, 1.54) is 0 Å². The van der Waals surface area contributed by atoms with Gasteiger partial charge in [0.2, 0.25) is 5.91 Å². The van der Waals surface area contributed by atoms with Crippen molar-refractivity contribution >= 4 is 22.5 Å². The maximum Gasteiger partial charge on any atom is 0.224 e. The predicted octanol–water partition coefficient (Wildman–Crippen LogP) is 2.52. The lowest BCUT2D eigenvalue weighted by atomic mass is 10.2. The third kappa shape index (κ3) is 4.03. The normalized spacial score (nSPS) is 10.9. The molecule has 1 amide bonds. The number of nitrogens with one attached hydrogen (secondary N) is 1. The van der Waals surface area contributed by atoms with Crippen LogP contribution in [-0.4, -0.2) is 36.4 Å². The SMILES string of the molecule is CN(C)CCCC(=O)Nc1ccc2ncccc2c1. The summed E-state index contributed by atoms with van der Waals surface area (Å²) in [4.78, 5) is 18.1. The second kappa shape index (κ2) is 6.29. The van der Waals surface area contributed by atoms with Crippen LogP contribution in [0.3, 0.4) is 0 Å². The van der Waals surface area contributed by atoms with Crippen LogP contribution in [0.25, 0.3) is 10.9 Å². The molecule has 0 saturated carbocycles. The van der Waals surface area contributed by atoms with Crippen LogP contribution in [-0.2, 0) is 4.79 Å². The summed E-state index contributed by atoms with van der Waals surface area (Å²) < 4.78 is 0. The Balaban J connectivity index is 1.95. The minimum absolute atomic E-state index is 0.0603. The Morgan fingerprint density at radius 3 is 2.95 bits per heavy atom. The first kappa shape index (κ1) is 13.5. The van der Waals surface area contributed by atoms with Gasteiger partial charge in [0.05, 0.1) is 5.52 Å². The van der Waals surface area contributed by atoms with Crippen molar-refractivity contribution in [2.24, 2.45) is 0 Å².